The monoisotopic (exact) mass is 478 g/mol. The Bertz CT molecular complexity index is 1000. The van der Waals surface area contributed by atoms with Gasteiger partial charge in [-0.05, 0) is 61.9 Å². The van der Waals surface area contributed by atoms with Gasteiger partial charge in [-0.3, -0.25) is 4.79 Å². The van der Waals surface area contributed by atoms with E-state index in [9.17, 15) is 13.2 Å². The van der Waals surface area contributed by atoms with E-state index in [4.69, 9.17) is 16.3 Å². The molecule has 0 unspecified atom stereocenters. The molecule has 32 heavy (non-hydrogen) atoms. The zero-order chi connectivity index (χ0) is 23.0. The van der Waals surface area contributed by atoms with Crippen LogP contribution in [0.25, 0.3) is 0 Å². The van der Waals surface area contributed by atoms with Crippen molar-refractivity contribution in [3.05, 3.63) is 64.7 Å². The van der Waals surface area contributed by atoms with E-state index in [1.165, 1.54) is 4.31 Å². The van der Waals surface area contributed by atoms with Crippen molar-refractivity contribution < 1.29 is 17.9 Å². The lowest BCUT2D eigenvalue weighted by molar-refractivity contribution is -0.126. The summed E-state index contributed by atoms with van der Waals surface area (Å²) >= 11 is 5.96. The molecule has 8 heteroatoms. The highest BCUT2D eigenvalue weighted by molar-refractivity contribution is 7.88. The van der Waals surface area contributed by atoms with Gasteiger partial charge in [-0.1, -0.05) is 41.9 Å². The Morgan fingerprint density at radius 1 is 1.16 bits per heavy atom. The molecule has 1 fully saturated rings. The average molecular weight is 479 g/mol. The Kier molecular flexibility index (Phi) is 8.96. The molecule has 0 radical (unpaired) electrons. The predicted octanol–water partition coefficient (Wildman–Crippen LogP) is 4.03. The molecule has 0 atom stereocenters. The molecular weight excluding hydrogens is 448 g/mol. The number of carbonyl (C=O) groups is 1. The minimum Gasteiger partial charge on any atom is -0.494 e. The molecule has 0 aromatic heterocycles. The van der Waals surface area contributed by atoms with Crippen molar-refractivity contribution in [3.63, 3.8) is 0 Å². The van der Waals surface area contributed by atoms with E-state index in [1.54, 1.807) is 24.3 Å². The SMILES string of the molecule is CCOc1ccccc1CCCNC(=O)C1CCN(S(=O)(=O)Cc2cccc(Cl)c2)CC1. The fraction of sp³-hybridized carbons (Fsp3) is 0.458. The van der Waals surface area contributed by atoms with E-state index in [2.05, 4.69) is 5.32 Å². The maximum atomic E-state index is 12.7. The van der Waals surface area contributed by atoms with Gasteiger partial charge in [0.25, 0.3) is 0 Å². The number of carbonyl (C=O) groups excluding carboxylic acids is 1. The lowest BCUT2D eigenvalue weighted by Gasteiger charge is -2.30. The maximum Gasteiger partial charge on any atom is 0.223 e. The van der Waals surface area contributed by atoms with Gasteiger partial charge in [-0.2, -0.15) is 0 Å². The third kappa shape index (κ3) is 6.95. The van der Waals surface area contributed by atoms with Gasteiger partial charge < -0.3 is 10.1 Å². The second kappa shape index (κ2) is 11.7. The molecule has 6 nitrogen and oxygen atoms in total. The lowest BCUT2D eigenvalue weighted by Crippen LogP contribution is -2.43. The van der Waals surface area contributed by atoms with Gasteiger partial charge in [0.1, 0.15) is 5.75 Å². The summed E-state index contributed by atoms with van der Waals surface area (Å²) in [6.07, 6.45) is 2.72. The van der Waals surface area contributed by atoms with Gasteiger partial charge in [0.2, 0.25) is 15.9 Å². The van der Waals surface area contributed by atoms with Crippen molar-refractivity contribution in [3.8, 4) is 5.75 Å². The summed E-state index contributed by atoms with van der Waals surface area (Å²) in [5.74, 6) is 0.680. The summed E-state index contributed by atoms with van der Waals surface area (Å²) in [4.78, 5) is 12.5. The second-order valence-electron chi connectivity index (χ2n) is 7.99. The number of hydrogen-bond acceptors (Lipinski definition) is 4. The number of amides is 1. The first-order valence-corrected chi connectivity index (χ1v) is 13.1. The minimum atomic E-state index is -3.43. The van der Waals surface area contributed by atoms with Gasteiger partial charge in [0.15, 0.2) is 0 Å². The average Bonchev–Trinajstić information content (AvgIpc) is 2.77. The fourth-order valence-electron chi connectivity index (χ4n) is 3.97. The second-order valence-corrected chi connectivity index (χ2v) is 10.4. The highest BCUT2D eigenvalue weighted by Gasteiger charge is 2.31. The summed E-state index contributed by atoms with van der Waals surface area (Å²) in [6, 6.07) is 14.9. The molecule has 0 bridgehead atoms. The van der Waals surface area contributed by atoms with Crippen molar-refractivity contribution in [1.82, 2.24) is 9.62 Å². The number of aryl methyl sites for hydroxylation is 1. The van der Waals surface area contributed by atoms with Gasteiger partial charge in [-0.15, -0.1) is 0 Å². The van der Waals surface area contributed by atoms with Crippen LogP contribution in [0, 0.1) is 5.92 Å². The van der Waals surface area contributed by atoms with Gasteiger partial charge in [0, 0.05) is 30.6 Å². The van der Waals surface area contributed by atoms with E-state index in [-0.39, 0.29) is 17.6 Å². The van der Waals surface area contributed by atoms with Gasteiger partial charge in [0.05, 0.1) is 12.4 Å². The number of piperidine rings is 1. The van der Waals surface area contributed by atoms with Crippen molar-refractivity contribution >= 4 is 27.5 Å². The van der Waals surface area contributed by atoms with Crippen LogP contribution in [0.15, 0.2) is 48.5 Å². The van der Waals surface area contributed by atoms with Crippen LogP contribution in [0.1, 0.15) is 37.3 Å². The van der Waals surface area contributed by atoms with Crippen LogP contribution in [0.2, 0.25) is 5.02 Å². The number of hydrogen-bond donors (Lipinski definition) is 1. The molecule has 1 aliphatic rings. The molecule has 3 rings (SSSR count). The number of halogens is 1. The number of benzene rings is 2. The Labute approximate surface area is 196 Å². The van der Waals surface area contributed by atoms with Crippen LogP contribution in [0.4, 0.5) is 0 Å². The molecule has 174 valence electrons. The number of ether oxygens (including phenoxy) is 1. The summed E-state index contributed by atoms with van der Waals surface area (Å²) in [7, 11) is -3.43. The Morgan fingerprint density at radius 3 is 2.62 bits per heavy atom. The lowest BCUT2D eigenvalue weighted by atomic mass is 9.97. The van der Waals surface area contributed by atoms with Crippen LogP contribution >= 0.6 is 11.6 Å². The zero-order valence-electron chi connectivity index (χ0n) is 18.4. The first kappa shape index (κ1) is 24.6. The Hall–Kier alpha value is -2.09. The Morgan fingerprint density at radius 2 is 1.91 bits per heavy atom. The van der Waals surface area contributed by atoms with Crippen LogP contribution in [0.3, 0.4) is 0 Å². The number of sulfonamides is 1. The van der Waals surface area contributed by atoms with E-state index >= 15 is 0 Å². The standard InChI is InChI=1S/C24H31ClN2O4S/c1-2-31-23-11-4-3-8-20(23)9-6-14-26-24(28)21-12-15-27(16-13-21)32(29,30)18-19-7-5-10-22(25)17-19/h3-5,7-8,10-11,17,21H,2,6,9,12-16,18H2,1H3,(H,26,28). The number of para-hydroxylation sites is 1. The molecule has 0 aliphatic carbocycles. The molecule has 0 spiro atoms. The third-order valence-electron chi connectivity index (χ3n) is 5.65. The third-order valence-corrected chi connectivity index (χ3v) is 7.74. The smallest absolute Gasteiger partial charge is 0.223 e. The highest BCUT2D eigenvalue weighted by Crippen LogP contribution is 2.23. The molecule has 1 aliphatic heterocycles. The van der Waals surface area contributed by atoms with Gasteiger partial charge in [-0.25, -0.2) is 12.7 Å². The van der Waals surface area contributed by atoms with Crippen LogP contribution in [0.5, 0.6) is 5.75 Å². The Balaban J connectivity index is 1.41. The molecule has 0 saturated carbocycles. The van der Waals surface area contributed by atoms with Crippen molar-refractivity contribution in [2.24, 2.45) is 5.92 Å². The van der Waals surface area contributed by atoms with Crippen molar-refractivity contribution in [2.75, 3.05) is 26.2 Å². The molecule has 2 aromatic rings. The first-order valence-electron chi connectivity index (χ1n) is 11.1. The summed E-state index contributed by atoms with van der Waals surface area (Å²) < 4.78 is 32.6. The highest BCUT2D eigenvalue weighted by atomic mass is 35.5. The molecule has 2 aromatic carbocycles. The molecule has 1 N–H and O–H groups in total. The quantitative estimate of drug-likeness (QED) is 0.523. The van der Waals surface area contributed by atoms with E-state index in [1.807, 2.05) is 31.2 Å². The van der Waals surface area contributed by atoms with Gasteiger partial charge >= 0.3 is 0 Å². The summed E-state index contributed by atoms with van der Waals surface area (Å²) in [5, 5.41) is 3.53. The number of rotatable bonds is 10. The predicted molar refractivity (Wildman–Crippen MR) is 127 cm³/mol. The normalized spacial score (nSPS) is 15.4. The summed E-state index contributed by atoms with van der Waals surface area (Å²) in [5.41, 5.74) is 1.81. The van der Waals surface area contributed by atoms with Crippen molar-refractivity contribution in [2.45, 2.75) is 38.4 Å². The minimum absolute atomic E-state index is 0.00924. The molecule has 1 heterocycles. The van der Waals surface area contributed by atoms with Crippen LogP contribution in [-0.2, 0) is 27.0 Å². The topological polar surface area (TPSA) is 75.7 Å². The largest absolute Gasteiger partial charge is 0.494 e. The summed E-state index contributed by atoms with van der Waals surface area (Å²) in [6.45, 7) is 3.91. The van der Waals surface area contributed by atoms with Crippen molar-refractivity contribution in [1.29, 1.82) is 0 Å². The van der Waals surface area contributed by atoms with E-state index in [0.717, 1.165) is 24.2 Å². The molecule has 1 saturated heterocycles. The van der Waals surface area contributed by atoms with Crippen LogP contribution in [-0.4, -0.2) is 44.9 Å². The fourth-order valence-corrected chi connectivity index (χ4v) is 5.73. The first-order chi connectivity index (χ1) is 15.4. The maximum absolute atomic E-state index is 12.7. The number of nitrogens with one attached hydrogen (secondary N) is 1. The molecule has 1 amide bonds. The van der Waals surface area contributed by atoms with E-state index in [0.29, 0.717) is 49.7 Å². The number of nitrogens with zero attached hydrogens (tertiary/aromatic N) is 1. The van der Waals surface area contributed by atoms with Crippen LogP contribution < -0.4 is 10.1 Å². The molecular formula is C24H31ClN2O4S. The van der Waals surface area contributed by atoms with E-state index < -0.39 is 10.0 Å². The zero-order valence-corrected chi connectivity index (χ0v) is 20.0.